The first-order valence-corrected chi connectivity index (χ1v) is 9.76. The number of imidazole rings is 1. The summed E-state index contributed by atoms with van der Waals surface area (Å²) in [6.45, 7) is 4.63. The lowest BCUT2D eigenvalue weighted by Crippen LogP contribution is -2.34. The second kappa shape index (κ2) is 6.63. The van der Waals surface area contributed by atoms with Gasteiger partial charge in [-0.05, 0) is 48.7 Å². The maximum absolute atomic E-state index is 13.5. The maximum atomic E-state index is 13.5. The molecular weight excluding hydrogens is 352 g/mol. The summed E-state index contributed by atoms with van der Waals surface area (Å²) in [6, 6.07) is 14.0. The number of ether oxygens (including phenoxy) is 1. The van der Waals surface area contributed by atoms with E-state index in [1.807, 2.05) is 37.3 Å². The molecule has 2 fully saturated rings. The van der Waals surface area contributed by atoms with Crippen molar-refractivity contribution in [3.8, 4) is 5.75 Å². The number of nitrogens with zero attached hydrogens (tertiary/aromatic N) is 2. The Labute approximate surface area is 163 Å². The van der Waals surface area contributed by atoms with E-state index in [-0.39, 0.29) is 11.9 Å². The van der Waals surface area contributed by atoms with Gasteiger partial charge in [0.15, 0.2) is 0 Å². The minimum absolute atomic E-state index is 0.0811. The van der Waals surface area contributed by atoms with E-state index in [9.17, 15) is 4.79 Å². The van der Waals surface area contributed by atoms with Crippen LogP contribution in [0.3, 0.4) is 0 Å². The first-order chi connectivity index (χ1) is 13.6. The molecule has 2 aliphatic rings. The second-order valence-electron chi connectivity index (χ2n) is 7.81. The number of rotatable bonds is 3. The smallest absolute Gasteiger partial charge is 0.254 e. The molecule has 1 aromatic heterocycles. The van der Waals surface area contributed by atoms with Gasteiger partial charge >= 0.3 is 0 Å². The third kappa shape index (κ3) is 2.76. The summed E-state index contributed by atoms with van der Waals surface area (Å²) in [5.74, 6) is 2.72. The van der Waals surface area contributed by atoms with E-state index in [0.29, 0.717) is 17.4 Å². The van der Waals surface area contributed by atoms with Gasteiger partial charge < -0.3 is 19.9 Å². The number of carbonyl (C=O) groups is 1. The van der Waals surface area contributed by atoms with Gasteiger partial charge in [0.25, 0.3) is 5.91 Å². The zero-order chi connectivity index (χ0) is 19.3. The molecular formula is C22H24N4O2. The minimum Gasteiger partial charge on any atom is -0.497 e. The molecule has 0 aliphatic carbocycles. The molecule has 3 heterocycles. The summed E-state index contributed by atoms with van der Waals surface area (Å²) in [5, 5.41) is 3.50. The predicted octanol–water partition coefficient (Wildman–Crippen LogP) is 2.91. The Morgan fingerprint density at radius 3 is 2.79 bits per heavy atom. The van der Waals surface area contributed by atoms with Gasteiger partial charge in [0.05, 0.1) is 24.2 Å². The third-order valence-electron chi connectivity index (χ3n) is 6.13. The third-order valence-corrected chi connectivity index (χ3v) is 6.13. The first kappa shape index (κ1) is 17.3. The van der Waals surface area contributed by atoms with Crippen molar-refractivity contribution in [2.75, 3.05) is 26.7 Å². The Morgan fingerprint density at radius 2 is 2.00 bits per heavy atom. The maximum Gasteiger partial charge on any atom is 0.254 e. The summed E-state index contributed by atoms with van der Waals surface area (Å²) >= 11 is 0. The highest BCUT2D eigenvalue weighted by Gasteiger charge is 2.46. The number of likely N-dealkylation sites (tertiary alicyclic amines) is 1. The van der Waals surface area contributed by atoms with Crippen LogP contribution in [0.4, 0.5) is 0 Å². The lowest BCUT2D eigenvalue weighted by Gasteiger charge is -2.28. The van der Waals surface area contributed by atoms with E-state index in [4.69, 9.17) is 4.74 Å². The molecule has 6 heteroatoms. The quantitative estimate of drug-likeness (QED) is 0.737. The van der Waals surface area contributed by atoms with Gasteiger partial charge in [-0.1, -0.05) is 12.1 Å². The number of hydrogen-bond donors (Lipinski definition) is 2. The highest BCUT2D eigenvalue weighted by Crippen LogP contribution is 2.43. The molecule has 0 unspecified atom stereocenters. The van der Waals surface area contributed by atoms with Gasteiger partial charge in [0.2, 0.25) is 0 Å². The van der Waals surface area contributed by atoms with Gasteiger partial charge in [0.1, 0.15) is 11.6 Å². The highest BCUT2D eigenvalue weighted by atomic mass is 16.5. The Bertz CT molecular complexity index is 1030. The van der Waals surface area contributed by atoms with Crippen LogP contribution in [0.25, 0.3) is 11.0 Å². The fourth-order valence-corrected chi connectivity index (χ4v) is 4.79. The summed E-state index contributed by atoms with van der Waals surface area (Å²) in [7, 11) is 1.67. The van der Waals surface area contributed by atoms with Crippen LogP contribution in [-0.2, 0) is 0 Å². The molecule has 1 amide bonds. The largest absolute Gasteiger partial charge is 0.497 e. The van der Waals surface area contributed by atoms with Gasteiger partial charge in [-0.2, -0.15) is 0 Å². The second-order valence-corrected chi connectivity index (χ2v) is 7.81. The van der Waals surface area contributed by atoms with Crippen LogP contribution in [-0.4, -0.2) is 47.5 Å². The van der Waals surface area contributed by atoms with E-state index in [2.05, 4.69) is 32.3 Å². The number of nitrogens with one attached hydrogen (secondary N) is 2. The molecule has 2 N–H and O–H groups in total. The van der Waals surface area contributed by atoms with Crippen LogP contribution >= 0.6 is 0 Å². The van der Waals surface area contributed by atoms with Crippen molar-refractivity contribution in [2.24, 2.45) is 11.8 Å². The zero-order valence-corrected chi connectivity index (χ0v) is 16.1. The first-order valence-electron chi connectivity index (χ1n) is 9.76. The molecule has 2 saturated heterocycles. The van der Waals surface area contributed by atoms with E-state index < -0.39 is 0 Å². The van der Waals surface area contributed by atoms with Crippen LogP contribution in [0.5, 0.6) is 5.75 Å². The van der Waals surface area contributed by atoms with Crippen molar-refractivity contribution >= 4 is 16.9 Å². The molecule has 3 aromatic rings. The summed E-state index contributed by atoms with van der Waals surface area (Å²) < 4.78 is 5.30. The number of aromatic nitrogens is 2. The van der Waals surface area contributed by atoms with E-state index in [1.165, 1.54) is 5.56 Å². The predicted molar refractivity (Wildman–Crippen MR) is 107 cm³/mol. The van der Waals surface area contributed by atoms with Crippen molar-refractivity contribution < 1.29 is 9.53 Å². The molecule has 5 rings (SSSR count). The van der Waals surface area contributed by atoms with E-state index in [0.717, 1.165) is 42.2 Å². The Balaban J connectivity index is 1.50. The Kier molecular flexibility index (Phi) is 4.09. The molecule has 0 saturated carbocycles. The van der Waals surface area contributed by atoms with Crippen LogP contribution in [0, 0.1) is 18.8 Å². The lowest BCUT2D eigenvalue weighted by atomic mass is 9.89. The molecule has 0 bridgehead atoms. The van der Waals surface area contributed by atoms with Crippen molar-refractivity contribution in [3.05, 3.63) is 59.4 Å². The molecule has 3 atom stereocenters. The fourth-order valence-electron chi connectivity index (χ4n) is 4.79. The van der Waals surface area contributed by atoms with Gasteiger partial charge in [-0.15, -0.1) is 0 Å². The Hall–Kier alpha value is -2.86. The van der Waals surface area contributed by atoms with Crippen molar-refractivity contribution in [1.82, 2.24) is 20.2 Å². The summed E-state index contributed by atoms with van der Waals surface area (Å²) in [6.07, 6.45) is 0. The number of hydrogen-bond acceptors (Lipinski definition) is 4. The average Bonchev–Trinajstić information content (AvgIpc) is 3.39. The number of fused-ring (bicyclic) bond motifs is 2. The van der Waals surface area contributed by atoms with Gasteiger partial charge in [0, 0.05) is 31.1 Å². The number of aromatic amines is 1. The number of aryl methyl sites for hydroxylation is 1. The topological polar surface area (TPSA) is 70.2 Å². The summed E-state index contributed by atoms with van der Waals surface area (Å²) in [5.41, 5.74) is 3.68. The van der Waals surface area contributed by atoms with Crippen LogP contribution in [0.2, 0.25) is 0 Å². The Morgan fingerprint density at radius 1 is 1.18 bits per heavy atom. The zero-order valence-electron chi connectivity index (χ0n) is 16.1. The monoisotopic (exact) mass is 376 g/mol. The normalized spacial score (nSPS) is 23.9. The molecule has 2 aromatic carbocycles. The van der Waals surface area contributed by atoms with Crippen LogP contribution in [0.15, 0.2) is 42.5 Å². The van der Waals surface area contributed by atoms with Crippen LogP contribution in [0.1, 0.15) is 27.8 Å². The molecule has 0 radical (unpaired) electrons. The lowest BCUT2D eigenvalue weighted by molar-refractivity contribution is 0.0714. The molecule has 28 heavy (non-hydrogen) atoms. The minimum atomic E-state index is 0.0811. The van der Waals surface area contributed by atoms with Gasteiger partial charge in [-0.3, -0.25) is 4.79 Å². The fraction of sp³-hybridized carbons (Fsp3) is 0.364. The standard InChI is InChI=1S/C22H24N4O2/c1-13-24-19-8-5-15(9-20(19)25-13)22(27)26-12-16-10-23-11-18(16)21(26)14-3-6-17(28-2)7-4-14/h3-9,16,18,21,23H,10-12H2,1-2H3,(H,24,25)/t16-,18-,21-/m0/s1. The number of carbonyl (C=O) groups excluding carboxylic acids is 1. The molecule has 144 valence electrons. The average molecular weight is 376 g/mol. The molecule has 2 aliphatic heterocycles. The van der Waals surface area contributed by atoms with Crippen LogP contribution < -0.4 is 10.1 Å². The highest BCUT2D eigenvalue weighted by molar-refractivity contribution is 5.97. The van der Waals surface area contributed by atoms with E-state index >= 15 is 0 Å². The molecule has 0 spiro atoms. The van der Waals surface area contributed by atoms with Crippen molar-refractivity contribution in [2.45, 2.75) is 13.0 Å². The SMILES string of the molecule is COc1ccc([C@H]2[C@H]3CNC[C@H]3CN2C(=O)c2ccc3nc(C)[nH]c3c2)cc1. The number of benzene rings is 2. The van der Waals surface area contributed by atoms with E-state index in [1.54, 1.807) is 7.11 Å². The number of H-pyrrole nitrogens is 1. The van der Waals surface area contributed by atoms with Crippen molar-refractivity contribution in [3.63, 3.8) is 0 Å². The van der Waals surface area contributed by atoms with Crippen molar-refractivity contribution in [1.29, 1.82) is 0 Å². The number of methoxy groups -OCH3 is 1. The summed E-state index contributed by atoms with van der Waals surface area (Å²) in [4.78, 5) is 23.2. The molecule has 6 nitrogen and oxygen atoms in total. The number of amides is 1. The van der Waals surface area contributed by atoms with Gasteiger partial charge in [-0.25, -0.2) is 4.98 Å².